The van der Waals surface area contributed by atoms with Crippen LogP contribution in [-0.4, -0.2) is 42.7 Å². The molecule has 41 heavy (non-hydrogen) atoms. The zero-order valence-electron chi connectivity index (χ0n) is 22.6. The SMILES string of the molecule is O=C(NC1CCCCC1)C1c2cc3ccccc3nc2-n2nnc(-c3ccccc3)c2C(=O)N1Cc1ccccc1. The molecule has 0 radical (unpaired) electrons. The average molecular weight is 543 g/mol. The number of pyridine rings is 1. The molecular formula is C33H30N6O2. The van der Waals surface area contributed by atoms with E-state index in [0.717, 1.165) is 47.7 Å². The molecule has 2 aliphatic rings. The van der Waals surface area contributed by atoms with Crippen molar-refractivity contribution in [3.05, 3.63) is 108 Å². The molecule has 5 aromatic rings. The van der Waals surface area contributed by atoms with Crippen molar-refractivity contribution in [1.82, 2.24) is 30.2 Å². The second-order valence-corrected chi connectivity index (χ2v) is 10.8. The van der Waals surface area contributed by atoms with Crippen LogP contribution in [0.15, 0.2) is 91.0 Å². The molecule has 204 valence electrons. The molecule has 7 rings (SSSR count). The molecule has 8 nitrogen and oxygen atoms in total. The summed E-state index contributed by atoms with van der Waals surface area (Å²) >= 11 is 0. The second-order valence-electron chi connectivity index (χ2n) is 10.8. The number of amides is 2. The van der Waals surface area contributed by atoms with Gasteiger partial charge < -0.3 is 10.2 Å². The molecule has 1 fully saturated rings. The van der Waals surface area contributed by atoms with Gasteiger partial charge >= 0.3 is 0 Å². The van der Waals surface area contributed by atoms with Crippen molar-refractivity contribution < 1.29 is 9.59 Å². The molecule has 1 aliphatic heterocycles. The van der Waals surface area contributed by atoms with Gasteiger partial charge in [0, 0.05) is 29.1 Å². The van der Waals surface area contributed by atoms with Crippen LogP contribution in [0.25, 0.3) is 28.0 Å². The van der Waals surface area contributed by atoms with Gasteiger partial charge in [-0.2, -0.15) is 4.68 Å². The molecule has 8 heteroatoms. The maximum absolute atomic E-state index is 14.7. The third-order valence-corrected chi connectivity index (χ3v) is 8.12. The molecule has 3 aromatic carbocycles. The Kier molecular flexibility index (Phi) is 6.51. The lowest BCUT2D eigenvalue weighted by Crippen LogP contribution is -2.46. The van der Waals surface area contributed by atoms with Crippen LogP contribution in [-0.2, 0) is 11.3 Å². The standard InChI is InChI=1S/C33H30N6O2/c40-32(34-25-17-8-3-9-18-25)29-26-20-24-16-10-11-19-27(24)35-31(26)39-30(28(36-37-39)23-14-6-2-7-15-23)33(41)38(29)21-22-12-4-1-5-13-22/h1-2,4-7,10-16,19-20,25,29H,3,8-9,17-18,21H2,(H,34,40). The average Bonchev–Trinajstić information content (AvgIpc) is 3.43. The lowest BCUT2D eigenvalue weighted by Gasteiger charge is -2.32. The summed E-state index contributed by atoms with van der Waals surface area (Å²) in [7, 11) is 0. The first-order valence-corrected chi connectivity index (χ1v) is 14.2. The molecule has 2 amide bonds. The van der Waals surface area contributed by atoms with Crippen LogP contribution in [0.4, 0.5) is 0 Å². The fourth-order valence-corrected chi connectivity index (χ4v) is 6.08. The van der Waals surface area contributed by atoms with E-state index in [0.29, 0.717) is 22.8 Å². The summed E-state index contributed by atoms with van der Waals surface area (Å²) in [6.07, 6.45) is 5.25. The molecule has 1 atom stereocenters. The smallest absolute Gasteiger partial charge is 0.276 e. The van der Waals surface area contributed by atoms with Gasteiger partial charge in [-0.05, 0) is 30.5 Å². The van der Waals surface area contributed by atoms with Crippen LogP contribution < -0.4 is 5.32 Å². The minimum absolute atomic E-state index is 0.0867. The van der Waals surface area contributed by atoms with E-state index in [9.17, 15) is 9.59 Å². The number of rotatable bonds is 5. The maximum Gasteiger partial charge on any atom is 0.276 e. The summed E-state index contributed by atoms with van der Waals surface area (Å²) in [5, 5.41) is 13.1. The van der Waals surface area contributed by atoms with E-state index in [1.165, 1.54) is 11.1 Å². The van der Waals surface area contributed by atoms with Gasteiger partial charge in [0.05, 0.1) is 5.52 Å². The summed E-state index contributed by atoms with van der Waals surface area (Å²) in [5.41, 5.74) is 3.84. The van der Waals surface area contributed by atoms with E-state index < -0.39 is 6.04 Å². The normalized spacial score (nSPS) is 17.1. The number of hydrogen-bond acceptors (Lipinski definition) is 5. The van der Waals surface area contributed by atoms with E-state index in [2.05, 4.69) is 15.6 Å². The van der Waals surface area contributed by atoms with Crippen LogP contribution in [0, 0.1) is 0 Å². The highest BCUT2D eigenvalue weighted by Gasteiger charge is 2.42. The Morgan fingerprint density at radius 2 is 1.59 bits per heavy atom. The molecule has 1 N–H and O–H groups in total. The minimum Gasteiger partial charge on any atom is -0.351 e. The Morgan fingerprint density at radius 1 is 0.878 bits per heavy atom. The third-order valence-electron chi connectivity index (χ3n) is 8.12. The van der Waals surface area contributed by atoms with E-state index in [4.69, 9.17) is 4.98 Å². The molecule has 3 heterocycles. The van der Waals surface area contributed by atoms with E-state index >= 15 is 0 Å². The van der Waals surface area contributed by atoms with Gasteiger partial charge in [0.1, 0.15) is 11.7 Å². The number of fused-ring (bicyclic) bond motifs is 4. The number of para-hydroxylation sites is 1. The zero-order valence-corrected chi connectivity index (χ0v) is 22.6. The number of carbonyl (C=O) groups excluding carboxylic acids is 2. The van der Waals surface area contributed by atoms with Gasteiger partial charge in [-0.1, -0.05) is 103 Å². The fraction of sp³-hybridized carbons (Fsp3) is 0.242. The summed E-state index contributed by atoms with van der Waals surface area (Å²) in [6, 6.07) is 28.3. The summed E-state index contributed by atoms with van der Waals surface area (Å²) in [4.78, 5) is 35.6. The highest BCUT2D eigenvalue weighted by Crippen LogP contribution is 2.37. The van der Waals surface area contributed by atoms with Crippen LogP contribution >= 0.6 is 0 Å². The lowest BCUT2D eigenvalue weighted by atomic mass is 9.94. The third kappa shape index (κ3) is 4.65. The first kappa shape index (κ1) is 25.1. The summed E-state index contributed by atoms with van der Waals surface area (Å²) < 4.78 is 1.53. The molecule has 1 saturated carbocycles. The van der Waals surface area contributed by atoms with Crippen molar-refractivity contribution in [3.8, 4) is 17.1 Å². The van der Waals surface area contributed by atoms with Gasteiger partial charge in [0.15, 0.2) is 11.5 Å². The van der Waals surface area contributed by atoms with Gasteiger partial charge in [-0.3, -0.25) is 9.59 Å². The molecule has 0 spiro atoms. The Bertz CT molecular complexity index is 1730. The number of hydrogen-bond donors (Lipinski definition) is 1. The van der Waals surface area contributed by atoms with Gasteiger partial charge in [-0.25, -0.2) is 4.98 Å². The zero-order chi connectivity index (χ0) is 27.8. The van der Waals surface area contributed by atoms with Crippen LogP contribution in [0.3, 0.4) is 0 Å². The Balaban J connectivity index is 1.45. The fourth-order valence-electron chi connectivity index (χ4n) is 6.08. The lowest BCUT2D eigenvalue weighted by molar-refractivity contribution is -0.127. The largest absolute Gasteiger partial charge is 0.351 e. The van der Waals surface area contributed by atoms with Crippen molar-refractivity contribution in [2.24, 2.45) is 0 Å². The highest BCUT2D eigenvalue weighted by atomic mass is 16.2. The highest BCUT2D eigenvalue weighted by molar-refractivity contribution is 6.03. The number of nitrogens with zero attached hydrogens (tertiary/aromatic N) is 5. The molecule has 1 unspecified atom stereocenters. The summed E-state index contributed by atoms with van der Waals surface area (Å²) in [5.74, 6) is -0.0656. The van der Waals surface area contributed by atoms with Crippen molar-refractivity contribution in [2.45, 2.75) is 50.7 Å². The first-order valence-electron chi connectivity index (χ1n) is 14.2. The summed E-state index contributed by atoms with van der Waals surface area (Å²) in [6.45, 7) is 0.244. The predicted octanol–water partition coefficient (Wildman–Crippen LogP) is 5.63. The van der Waals surface area contributed by atoms with Crippen molar-refractivity contribution in [2.75, 3.05) is 0 Å². The van der Waals surface area contributed by atoms with Crippen molar-refractivity contribution in [3.63, 3.8) is 0 Å². The van der Waals surface area contributed by atoms with Crippen LogP contribution in [0.1, 0.15) is 59.8 Å². The maximum atomic E-state index is 14.7. The second kappa shape index (κ2) is 10.6. The molecule has 2 aromatic heterocycles. The van der Waals surface area contributed by atoms with Gasteiger partial charge in [0.25, 0.3) is 5.91 Å². The van der Waals surface area contributed by atoms with Crippen molar-refractivity contribution in [1.29, 1.82) is 0 Å². The number of benzene rings is 3. The first-order chi connectivity index (χ1) is 20.2. The van der Waals surface area contributed by atoms with Crippen molar-refractivity contribution >= 4 is 22.7 Å². The van der Waals surface area contributed by atoms with Crippen LogP contribution in [0.5, 0.6) is 0 Å². The number of carbonyl (C=O) groups is 2. The molecule has 1 aliphatic carbocycles. The molecule has 0 saturated heterocycles. The predicted molar refractivity (Wildman–Crippen MR) is 156 cm³/mol. The quantitative estimate of drug-likeness (QED) is 0.311. The molecular weight excluding hydrogens is 512 g/mol. The monoisotopic (exact) mass is 542 g/mol. The Labute approximate surface area is 238 Å². The Morgan fingerprint density at radius 3 is 2.37 bits per heavy atom. The Hall–Kier alpha value is -4.85. The van der Waals surface area contributed by atoms with Crippen LogP contribution in [0.2, 0.25) is 0 Å². The van der Waals surface area contributed by atoms with E-state index in [1.54, 1.807) is 4.90 Å². The minimum atomic E-state index is -0.901. The topological polar surface area (TPSA) is 93.0 Å². The van der Waals surface area contributed by atoms with Gasteiger partial charge in [0.2, 0.25) is 5.91 Å². The van der Waals surface area contributed by atoms with Gasteiger partial charge in [-0.15, -0.1) is 5.10 Å². The number of nitrogens with one attached hydrogen (secondary N) is 1. The van der Waals surface area contributed by atoms with E-state index in [-0.39, 0.29) is 24.4 Å². The van der Waals surface area contributed by atoms with E-state index in [1.807, 2.05) is 91.0 Å². The number of aromatic nitrogens is 4. The molecule has 0 bridgehead atoms.